The van der Waals surface area contributed by atoms with Crippen LogP contribution in [0.5, 0.6) is 5.75 Å². The van der Waals surface area contributed by atoms with Gasteiger partial charge in [-0.1, -0.05) is 12.1 Å². The number of ether oxygens (including phenoxy) is 2. The number of Topliss-reactive ketones (excluding diaryl/α,β-unsaturated/α-hetero) is 1. The molecule has 3 rings (SSSR count). The maximum Gasteiger partial charge on any atom is 0.325 e. The van der Waals surface area contributed by atoms with E-state index in [1.165, 1.54) is 24.7 Å². The maximum atomic E-state index is 12.3. The molecule has 1 aliphatic rings. The second-order valence-corrected chi connectivity index (χ2v) is 6.69. The van der Waals surface area contributed by atoms with Crippen molar-refractivity contribution in [1.82, 2.24) is 5.32 Å². The van der Waals surface area contributed by atoms with Crippen molar-refractivity contribution in [3.8, 4) is 5.75 Å². The van der Waals surface area contributed by atoms with E-state index in [9.17, 15) is 14.4 Å². The van der Waals surface area contributed by atoms with E-state index in [-0.39, 0.29) is 18.9 Å². The van der Waals surface area contributed by atoms with Crippen molar-refractivity contribution < 1.29 is 23.9 Å². The molecule has 28 heavy (non-hydrogen) atoms. The van der Waals surface area contributed by atoms with Gasteiger partial charge in [-0.3, -0.25) is 14.4 Å². The second kappa shape index (κ2) is 9.17. The largest absolute Gasteiger partial charge is 0.497 e. The van der Waals surface area contributed by atoms with Gasteiger partial charge >= 0.3 is 5.97 Å². The van der Waals surface area contributed by atoms with Crippen LogP contribution in [0.3, 0.4) is 0 Å². The number of nitrogens with one attached hydrogen (secondary N) is 1. The summed E-state index contributed by atoms with van der Waals surface area (Å²) in [5, 5.41) is 2.48. The standard InChI is InChI=1S/C22H23NO5/c1-27-19-10-8-16(9-11-19)22(26)23-13-21(25)28-14-20(24)18-7-6-15-4-2-3-5-17(15)12-18/h6-12H,2-5,13-14H2,1H3,(H,23,26). The summed E-state index contributed by atoms with van der Waals surface area (Å²) in [5.74, 6) is -0.673. The number of hydrogen-bond donors (Lipinski definition) is 1. The van der Waals surface area contributed by atoms with Gasteiger partial charge in [0, 0.05) is 11.1 Å². The molecule has 0 saturated carbocycles. The molecule has 0 aliphatic heterocycles. The summed E-state index contributed by atoms with van der Waals surface area (Å²) in [7, 11) is 1.54. The number of methoxy groups -OCH3 is 1. The lowest BCUT2D eigenvalue weighted by molar-refractivity contribution is -0.141. The Kier molecular flexibility index (Phi) is 6.42. The number of amides is 1. The summed E-state index contributed by atoms with van der Waals surface area (Å²) < 4.78 is 10.0. The lowest BCUT2D eigenvalue weighted by Gasteiger charge is -2.16. The van der Waals surface area contributed by atoms with Gasteiger partial charge in [-0.15, -0.1) is 0 Å². The van der Waals surface area contributed by atoms with Gasteiger partial charge in [0.2, 0.25) is 0 Å². The van der Waals surface area contributed by atoms with Crippen LogP contribution in [-0.4, -0.2) is 37.9 Å². The topological polar surface area (TPSA) is 81.7 Å². The number of ketones is 1. The molecule has 1 amide bonds. The second-order valence-electron chi connectivity index (χ2n) is 6.69. The molecule has 0 radical (unpaired) electrons. The molecule has 6 heteroatoms. The molecular formula is C22H23NO5. The molecule has 1 N–H and O–H groups in total. The van der Waals surface area contributed by atoms with Gasteiger partial charge in [-0.2, -0.15) is 0 Å². The van der Waals surface area contributed by atoms with Crippen LogP contribution in [0.4, 0.5) is 0 Å². The van der Waals surface area contributed by atoms with E-state index in [0.717, 1.165) is 19.3 Å². The molecule has 2 aromatic carbocycles. The maximum absolute atomic E-state index is 12.3. The van der Waals surface area contributed by atoms with E-state index in [2.05, 4.69) is 5.32 Å². The van der Waals surface area contributed by atoms with E-state index < -0.39 is 11.9 Å². The SMILES string of the molecule is COc1ccc(C(=O)NCC(=O)OCC(=O)c2ccc3c(c2)CCCC3)cc1. The monoisotopic (exact) mass is 381 g/mol. The molecule has 0 atom stereocenters. The first-order valence-corrected chi connectivity index (χ1v) is 9.29. The predicted molar refractivity (Wildman–Crippen MR) is 104 cm³/mol. The summed E-state index contributed by atoms with van der Waals surface area (Å²) >= 11 is 0. The highest BCUT2D eigenvalue weighted by Gasteiger charge is 2.15. The van der Waals surface area contributed by atoms with Crippen LogP contribution in [0.25, 0.3) is 0 Å². The van der Waals surface area contributed by atoms with Crippen LogP contribution < -0.4 is 10.1 Å². The lowest BCUT2D eigenvalue weighted by Crippen LogP contribution is -2.31. The molecule has 6 nitrogen and oxygen atoms in total. The molecule has 2 aromatic rings. The van der Waals surface area contributed by atoms with Crippen molar-refractivity contribution in [3.63, 3.8) is 0 Å². The number of rotatable bonds is 7. The smallest absolute Gasteiger partial charge is 0.325 e. The minimum atomic E-state index is -0.659. The van der Waals surface area contributed by atoms with Crippen LogP contribution in [0.1, 0.15) is 44.7 Å². The Balaban J connectivity index is 1.45. The summed E-state index contributed by atoms with van der Waals surface area (Å²) in [6.07, 6.45) is 4.34. The van der Waals surface area contributed by atoms with Gasteiger partial charge in [0.1, 0.15) is 12.3 Å². The predicted octanol–water partition coefficient (Wildman–Crippen LogP) is 2.73. The molecule has 0 unspecified atom stereocenters. The van der Waals surface area contributed by atoms with Crippen molar-refractivity contribution >= 4 is 17.7 Å². The fourth-order valence-corrected chi connectivity index (χ4v) is 3.18. The van der Waals surface area contributed by atoms with Gasteiger partial charge in [0.25, 0.3) is 5.91 Å². The van der Waals surface area contributed by atoms with Crippen molar-refractivity contribution in [2.45, 2.75) is 25.7 Å². The Morgan fingerprint density at radius 1 is 0.929 bits per heavy atom. The summed E-state index contributed by atoms with van der Waals surface area (Å²) in [5.41, 5.74) is 3.45. The average molecular weight is 381 g/mol. The van der Waals surface area contributed by atoms with E-state index in [4.69, 9.17) is 9.47 Å². The molecule has 0 aromatic heterocycles. The first-order valence-electron chi connectivity index (χ1n) is 9.29. The zero-order valence-corrected chi connectivity index (χ0v) is 15.8. The summed E-state index contributed by atoms with van der Waals surface area (Å²) in [4.78, 5) is 36.1. The van der Waals surface area contributed by atoms with Gasteiger partial charge < -0.3 is 14.8 Å². The number of carbonyl (C=O) groups excluding carboxylic acids is 3. The molecular weight excluding hydrogens is 358 g/mol. The molecule has 0 heterocycles. The van der Waals surface area contributed by atoms with Crippen molar-refractivity contribution in [3.05, 3.63) is 64.7 Å². The minimum absolute atomic E-state index is 0.247. The third kappa shape index (κ3) is 4.97. The van der Waals surface area contributed by atoms with Gasteiger partial charge in [-0.25, -0.2) is 0 Å². The zero-order valence-electron chi connectivity index (χ0n) is 15.8. The molecule has 0 spiro atoms. The number of benzene rings is 2. The highest BCUT2D eigenvalue weighted by molar-refractivity contribution is 5.99. The van der Waals surface area contributed by atoms with Gasteiger partial charge in [-0.05, 0) is 67.1 Å². The molecule has 1 aliphatic carbocycles. The van der Waals surface area contributed by atoms with Crippen molar-refractivity contribution in [2.75, 3.05) is 20.3 Å². The van der Waals surface area contributed by atoms with Crippen LogP contribution in [0.15, 0.2) is 42.5 Å². The first-order chi connectivity index (χ1) is 13.6. The highest BCUT2D eigenvalue weighted by atomic mass is 16.5. The van der Waals surface area contributed by atoms with Crippen molar-refractivity contribution in [2.24, 2.45) is 0 Å². The fourth-order valence-electron chi connectivity index (χ4n) is 3.18. The van der Waals surface area contributed by atoms with E-state index in [0.29, 0.717) is 16.9 Å². The Hall–Kier alpha value is -3.15. The molecule has 146 valence electrons. The quantitative estimate of drug-likeness (QED) is 0.589. The molecule has 0 saturated heterocycles. The van der Waals surface area contributed by atoms with E-state index in [1.54, 1.807) is 30.3 Å². The van der Waals surface area contributed by atoms with Crippen LogP contribution in [0.2, 0.25) is 0 Å². The average Bonchev–Trinajstić information content (AvgIpc) is 2.75. The molecule has 0 bridgehead atoms. The third-order valence-corrected chi connectivity index (χ3v) is 4.78. The zero-order chi connectivity index (χ0) is 19.9. The lowest BCUT2D eigenvalue weighted by atomic mass is 9.90. The van der Waals surface area contributed by atoms with Crippen LogP contribution >= 0.6 is 0 Å². The Morgan fingerprint density at radius 3 is 2.32 bits per heavy atom. The minimum Gasteiger partial charge on any atom is -0.497 e. The third-order valence-electron chi connectivity index (χ3n) is 4.78. The molecule has 0 fully saturated rings. The first kappa shape index (κ1) is 19.6. The van der Waals surface area contributed by atoms with Crippen molar-refractivity contribution in [1.29, 1.82) is 0 Å². The number of carbonyl (C=O) groups is 3. The van der Waals surface area contributed by atoms with E-state index >= 15 is 0 Å². The highest BCUT2D eigenvalue weighted by Crippen LogP contribution is 2.22. The van der Waals surface area contributed by atoms with Crippen LogP contribution in [-0.2, 0) is 22.4 Å². The van der Waals surface area contributed by atoms with Gasteiger partial charge in [0.15, 0.2) is 12.4 Å². The van der Waals surface area contributed by atoms with Crippen LogP contribution in [0, 0.1) is 0 Å². The Morgan fingerprint density at radius 2 is 1.61 bits per heavy atom. The fraction of sp³-hybridized carbons (Fsp3) is 0.318. The number of hydrogen-bond acceptors (Lipinski definition) is 5. The van der Waals surface area contributed by atoms with E-state index in [1.807, 2.05) is 12.1 Å². The normalized spacial score (nSPS) is 12.6. The number of esters is 1. The summed E-state index contributed by atoms with van der Waals surface area (Å²) in [6, 6.07) is 12.2. The van der Waals surface area contributed by atoms with Gasteiger partial charge in [0.05, 0.1) is 7.11 Å². The number of fused-ring (bicyclic) bond motifs is 1. The Labute approximate surface area is 163 Å². The number of aryl methyl sites for hydroxylation is 2. The Bertz CT molecular complexity index is 873. The summed E-state index contributed by atoms with van der Waals surface area (Å²) in [6.45, 7) is -0.641.